The number of aromatic nitrogens is 2. The van der Waals surface area contributed by atoms with E-state index >= 15 is 0 Å². The van der Waals surface area contributed by atoms with Gasteiger partial charge in [-0.2, -0.15) is 0 Å². The molecule has 1 aromatic heterocycles. The van der Waals surface area contributed by atoms with Gasteiger partial charge in [-0.15, -0.1) is 0 Å². The molecule has 0 unspecified atom stereocenters. The lowest BCUT2D eigenvalue weighted by Crippen LogP contribution is -2.14. The average molecular weight is 339 g/mol. The fourth-order valence-electron chi connectivity index (χ4n) is 1.17. The van der Waals surface area contributed by atoms with E-state index in [9.17, 15) is 14.9 Å². The van der Waals surface area contributed by atoms with Gasteiger partial charge in [0.05, 0.1) is 4.43 Å². The van der Waals surface area contributed by atoms with Gasteiger partial charge in [0.15, 0.2) is 5.82 Å². The Morgan fingerprint density at radius 2 is 2.44 bits per heavy atom. The third-order valence-electron chi connectivity index (χ3n) is 1.91. The molecule has 0 aliphatic carbocycles. The van der Waals surface area contributed by atoms with Crippen molar-refractivity contribution in [2.75, 3.05) is 11.0 Å². The molecule has 0 spiro atoms. The van der Waals surface area contributed by atoms with E-state index in [4.69, 9.17) is 4.74 Å². The number of carbonyl (C=O) groups is 1. The van der Waals surface area contributed by atoms with Crippen LogP contribution in [0.2, 0.25) is 0 Å². The van der Waals surface area contributed by atoms with Gasteiger partial charge in [0.25, 0.3) is 0 Å². The first kappa shape index (κ1) is 12.9. The topological polar surface area (TPSA) is 87.3 Å². The molecule has 0 fully saturated rings. The number of alkyl halides is 1. The van der Waals surface area contributed by atoms with E-state index in [2.05, 4.69) is 4.98 Å². The fraction of sp³-hybridized carbons (Fsp3) is 0.500. The van der Waals surface area contributed by atoms with Gasteiger partial charge < -0.3 is 14.9 Å². The zero-order valence-corrected chi connectivity index (χ0v) is 10.7. The van der Waals surface area contributed by atoms with Crippen molar-refractivity contribution in [2.45, 2.75) is 13.5 Å². The molecule has 8 heteroatoms. The third kappa shape index (κ3) is 3.15. The summed E-state index contributed by atoms with van der Waals surface area (Å²) in [5.74, 6) is 0.0984. The van der Waals surface area contributed by atoms with E-state index in [0.717, 1.165) is 0 Å². The molecule has 7 nitrogen and oxygen atoms in total. The summed E-state index contributed by atoms with van der Waals surface area (Å²) in [6.07, 6.45) is 1.19. The number of aryl methyl sites for hydroxylation is 1. The molecule has 88 valence electrons. The van der Waals surface area contributed by atoms with Crippen molar-refractivity contribution in [1.29, 1.82) is 0 Å². The molecule has 0 aromatic carbocycles. The number of nitro groups is 1. The SMILES string of the molecule is Cc1ncc([N+](=O)[O-])n1CCOC(=O)CI. The molecule has 0 radical (unpaired) electrons. The van der Waals surface area contributed by atoms with Crippen LogP contribution in [0, 0.1) is 17.0 Å². The minimum Gasteiger partial charge on any atom is -0.461 e. The number of hydrogen-bond acceptors (Lipinski definition) is 5. The highest BCUT2D eigenvalue weighted by molar-refractivity contribution is 14.1. The largest absolute Gasteiger partial charge is 0.461 e. The maximum absolute atomic E-state index is 10.9. The van der Waals surface area contributed by atoms with Gasteiger partial charge in [-0.1, -0.05) is 22.6 Å². The Morgan fingerprint density at radius 3 is 3.00 bits per heavy atom. The number of nitrogens with zero attached hydrogens (tertiary/aromatic N) is 3. The Hall–Kier alpha value is -1.19. The van der Waals surface area contributed by atoms with E-state index in [0.29, 0.717) is 5.82 Å². The zero-order valence-electron chi connectivity index (χ0n) is 8.55. The van der Waals surface area contributed by atoms with Gasteiger partial charge in [0, 0.05) is 6.92 Å². The van der Waals surface area contributed by atoms with Crippen LogP contribution in [0.15, 0.2) is 6.20 Å². The van der Waals surface area contributed by atoms with Gasteiger partial charge in [0.2, 0.25) is 0 Å². The number of carbonyl (C=O) groups excluding carboxylic acids is 1. The first-order valence-corrected chi connectivity index (χ1v) is 5.97. The summed E-state index contributed by atoms with van der Waals surface area (Å²) in [5.41, 5.74) is 0. The summed E-state index contributed by atoms with van der Waals surface area (Å²) in [5, 5.41) is 10.6. The smallest absolute Gasteiger partial charge is 0.342 e. The average Bonchev–Trinajstić information content (AvgIpc) is 2.60. The fourth-order valence-corrected chi connectivity index (χ4v) is 1.39. The van der Waals surface area contributed by atoms with Gasteiger partial charge in [0.1, 0.15) is 19.3 Å². The lowest BCUT2D eigenvalue weighted by molar-refractivity contribution is -0.392. The Labute approximate surface area is 105 Å². The number of hydrogen-bond donors (Lipinski definition) is 0. The second-order valence-electron chi connectivity index (χ2n) is 2.93. The van der Waals surface area contributed by atoms with Crippen molar-refractivity contribution in [2.24, 2.45) is 0 Å². The van der Waals surface area contributed by atoms with Crippen molar-refractivity contribution in [1.82, 2.24) is 9.55 Å². The van der Waals surface area contributed by atoms with Gasteiger partial charge >= 0.3 is 11.8 Å². The van der Waals surface area contributed by atoms with Gasteiger partial charge in [-0.3, -0.25) is 4.79 Å². The summed E-state index contributed by atoms with van der Waals surface area (Å²) in [7, 11) is 0. The highest BCUT2D eigenvalue weighted by atomic mass is 127. The van der Waals surface area contributed by atoms with Crippen LogP contribution in [0.4, 0.5) is 5.82 Å². The van der Waals surface area contributed by atoms with E-state index in [1.165, 1.54) is 10.8 Å². The molecular weight excluding hydrogens is 329 g/mol. The third-order valence-corrected chi connectivity index (χ3v) is 2.53. The Kier molecular flexibility index (Phi) is 4.65. The molecule has 0 bridgehead atoms. The zero-order chi connectivity index (χ0) is 12.1. The summed E-state index contributed by atoms with van der Waals surface area (Å²) in [6.45, 7) is 2.01. The van der Waals surface area contributed by atoms with Crippen LogP contribution in [-0.2, 0) is 16.1 Å². The molecule has 1 rings (SSSR count). The van der Waals surface area contributed by atoms with Crippen LogP contribution < -0.4 is 0 Å². The summed E-state index contributed by atoms with van der Waals surface area (Å²) < 4.78 is 6.51. The molecule has 0 aliphatic heterocycles. The maximum Gasteiger partial charge on any atom is 0.342 e. The van der Waals surface area contributed by atoms with Crippen molar-refractivity contribution in [3.63, 3.8) is 0 Å². The van der Waals surface area contributed by atoms with Crippen LogP contribution in [0.25, 0.3) is 0 Å². The molecule has 1 aromatic rings. The molecule has 16 heavy (non-hydrogen) atoms. The van der Waals surface area contributed by atoms with Crippen LogP contribution >= 0.6 is 22.6 Å². The number of ether oxygens (including phenoxy) is 1. The predicted octanol–water partition coefficient (Wildman–Crippen LogP) is 1.08. The second kappa shape index (κ2) is 5.77. The van der Waals surface area contributed by atoms with Crippen molar-refractivity contribution >= 4 is 34.4 Å². The summed E-state index contributed by atoms with van der Waals surface area (Å²) in [4.78, 5) is 24.8. The molecule has 0 atom stereocenters. The standard InChI is InChI=1S/C8H10IN3O4/c1-6-10-5-7(12(14)15)11(6)2-3-16-8(13)4-9/h5H,2-4H2,1H3. The van der Waals surface area contributed by atoms with Crippen LogP contribution in [0.3, 0.4) is 0 Å². The van der Waals surface area contributed by atoms with E-state index < -0.39 is 4.92 Å². The number of esters is 1. The van der Waals surface area contributed by atoms with Crippen LogP contribution in [0.5, 0.6) is 0 Å². The van der Waals surface area contributed by atoms with Gasteiger partial charge in [-0.25, -0.2) is 9.55 Å². The lowest BCUT2D eigenvalue weighted by Gasteiger charge is -2.03. The van der Waals surface area contributed by atoms with Crippen LogP contribution in [0.1, 0.15) is 5.82 Å². The van der Waals surface area contributed by atoms with Crippen molar-refractivity contribution < 1.29 is 14.5 Å². The predicted molar refractivity (Wildman–Crippen MR) is 63.5 cm³/mol. The highest BCUT2D eigenvalue weighted by Crippen LogP contribution is 2.12. The number of imidazole rings is 1. The Balaban J connectivity index is 2.62. The van der Waals surface area contributed by atoms with E-state index in [1.807, 2.05) is 22.6 Å². The molecule has 0 saturated heterocycles. The first-order valence-electron chi connectivity index (χ1n) is 4.44. The monoisotopic (exact) mass is 339 g/mol. The summed E-state index contributed by atoms with van der Waals surface area (Å²) >= 11 is 1.89. The molecule has 0 aliphatic rings. The second-order valence-corrected chi connectivity index (χ2v) is 3.69. The van der Waals surface area contributed by atoms with E-state index in [-0.39, 0.29) is 29.4 Å². The maximum atomic E-state index is 10.9. The number of rotatable bonds is 5. The lowest BCUT2D eigenvalue weighted by atomic mass is 10.6. The van der Waals surface area contributed by atoms with E-state index in [1.54, 1.807) is 6.92 Å². The first-order chi connectivity index (χ1) is 7.56. The Morgan fingerprint density at radius 1 is 1.75 bits per heavy atom. The molecule has 0 N–H and O–H groups in total. The normalized spacial score (nSPS) is 10.1. The quantitative estimate of drug-likeness (QED) is 0.263. The Bertz CT molecular complexity index is 404. The van der Waals surface area contributed by atoms with Crippen molar-refractivity contribution in [3.8, 4) is 0 Å². The summed E-state index contributed by atoms with van der Waals surface area (Å²) in [6, 6.07) is 0. The van der Waals surface area contributed by atoms with Crippen molar-refractivity contribution in [3.05, 3.63) is 22.1 Å². The molecule has 0 saturated carbocycles. The number of halogens is 1. The molecular formula is C8H10IN3O4. The minimum atomic E-state index is -0.514. The minimum absolute atomic E-state index is 0.0944. The highest BCUT2D eigenvalue weighted by Gasteiger charge is 2.17. The molecule has 1 heterocycles. The van der Waals surface area contributed by atoms with Gasteiger partial charge in [-0.05, 0) is 4.92 Å². The molecule has 0 amide bonds. The van der Waals surface area contributed by atoms with Crippen LogP contribution in [-0.4, -0.2) is 31.5 Å².